The number of fused-ring (bicyclic) bond motifs is 8. The summed E-state index contributed by atoms with van der Waals surface area (Å²) in [7, 11) is 10.6. The van der Waals surface area contributed by atoms with Crippen molar-refractivity contribution in [3.8, 4) is 0 Å². The molecule has 14 rings (SSSR count). The Morgan fingerprint density at radius 1 is 0.326 bits per heavy atom. The molecule has 0 amide bonds. The summed E-state index contributed by atoms with van der Waals surface area (Å²) in [6, 6.07) is 28.0. The molecule has 2 aliphatic heterocycles. The second-order valence-corrected chi connectivity index (χ2v) is 110. The van der Waals surface area contributed by atoms with Crippen LogP contribution in [0.15, 0.2) is 261 Å². The van der Waals surface area contributed by atoms with Gasteiger partial charge in [-0.25, -0.2) is 0 Å². The van der Waals surface area contributed by atoms with Gasteiger partial charge in [0.05, 0.1) is 0 Å². The van der Waals surface area contributed by atoms with Gasteiger partial charge in [-0.05, 0) is 0 Å². The van der Waals surface area contributed by atoms with Gasteiger partial charge in [-0.2, -0.15) is 0 Å². The molecule has 95 heavy (non-hydrogen) atoms. The van der Waals surface area contributed by atoms with Gasteiger partial charge in [-0.3, -0.25) is 0 Å². The van der Waals surface area contributed by atoms with Gasteiger partial charge in [-0.1, -0.05) is 0 Å². The molecule has 0 N–H and O–H groups in total. The number of halogens is 6. The molecular formula is C82H92Cl6HfSi6. The van der Waals surface area contributed by atoms with E-state index in [2.05, 4.69) is 314 Å². The normalized spacial score (nSPS) is 31.9. The van der Waals surface area contributed by atoms with Crippen LogP contribution in [0.5, 0.6) is 0 Å². The molecule has 0 saturated carbocycles. The summed E-state index contributed by atoms with van der Waals surface area (Å²) in [5.74, 6) is -0.476. The molecule has 2 saturated heterocycles. The van der Waals surface area contributed by atoms with Crippen LogP contribution in [0.25, 0.3) is 0 Å². The number of hydrogen-bond acceptors (Lipinski definition) is 0. The van der Waals surface area contributed by atoms with Crippen LogP contribution < -0.4 is 20.7 Å². The number of rotatable bonds is 8. The molecule has 4 aromatic rings. The maximum absolute atomic E-state index is 11.5. The minimum absolute atomic E-state index is 0.119. The summed E-state index contributed by atoms with van der Waals surface area (Å²) in [5, 5.41) is 8.52. The predicted octanol–water partition coefficient (Wildman–Crippen LogP) is 23.5. The van der Waals surface area contributed by atoms with E-state index in [0.29, 0.717) is 0 Å². The van der Waals surface area contributed by atoms with Gasteiger partial charge in [0.1, 0.15) is 0 Å². The molecule has 0 aromatic heterocycles. The molecule has 0 nitrogen and oxygen atoms in total. The minimum atomic E-state index is -7.93. The summed E-state index contributed by atoms with van der Waals surface area (Å²) >= 11 is 22.3. The van der Waals surface area contributed by atoms with E-state index in [1.165, 1.54) is 110 Å². The molecule has 2 heterocycles. The molecule has 13 heteroatoms. The fraction of sp³-hybridized carbons (Fsp3) is 0.317. The Kier molecular flexibility index (Phi) is 16.0. The first kappa shape index (κ1) is 68.8. The number of hydrogen-bond donors (Lipinski definition) is 0. The Hall–Kier alpha value is -3.37. The van der Waals surface area contributed by atoms with Crippen molar-refractivity contribution in [2.24, 2.45) is 0 Å². The third kappa shape index (κ3) is 8.09. The van der Waals surface area contributed by atoms with Crippen LogP contribution in [-0.2, 0) is 14.7 Å². The van der Waals surface area contributed by atoms with E-state index in [-0.39, 0.29) is 23.7 Å². The monoisotopic (exact) mass is 1630 g/mol. The Bertz CT molecular complexity index is 4130. The van der Waals surface area contributed by atoms with Crippen molar-refractivity contribution in [3.63, 3.8) is 0 Å². The Morgan fingerprint density at radius 3 is 0.705 bits per heavy atom. The summed E-state index contributed by atoms with van der Waals surface area (Å²) in [5.41, 5.74) is 20.6. The molecule has 5 spiro atoms. The van der Waals surface area contributed by atoms with Crippen LogP contribution >= 0.6 is 63.6 Å². The summed E-state index contributed by atoms with van der Waals surface area (Å²) < 4.78 is -3.09. The molecule has 10 aliphatic rings. The van der Waals surface area contributed by atoms with Crippen LogP contribution in [-0.4, -0.2) is 49.9 Å². The van der Waals surface area contributed by atoms with E-state index in [4.69, 9.17) is 46.4 Å². The predicted molar refractivity (Wildman–Crippen MR) is 433 cm³/mol. The third-order valence-corrected chi connectivity index (χ3v) is 153. The van der Waals surface area contributed by atoms with Crippen LogP contribution in [0.4, 0.5) is 0 Å². The topological polar surface area (TPSA) is 0 Å². The Balaban J connectivity index is 1.17. The SMILES string of the molecule is CC1=CC2=C(C=CC=CC2c2ccc([Si](C)(C)C)c(Cl)c2)[C]12[SiH](C)[C]1(C(C)=CC3=C1C=CC=CC3c1ccc([Si](C)(C)C)c(Cl)c1)[Hf]21([Cl])([Cl])[C]2(C(C)=CC3=C2C=CC=CC3c2ccc([Si](C)(C)C)c(Cl)c2)[SiH](C)[C]12C(C)=CC1=C2C=CC=CC1c1ccc([Si](C)(C)C)c(Cl)c1. The zero-order valence-electron chi connectivity index (χ0n) is 58.7. The van der Waals surface area contributed by atoms with E-state index in [9.17, 15) is 17.2 Å². The van der Waals surface area contributed by atoms with Crippen LogP contribution in [0.2, 0.25) is 123 Å². The standard InChI is InChI=1S/2C41H46Cl2Si3.2ClH.Hf/c2*1-26-22-34-30(28-18-20-38(36(42)24-28)45(4,5)6)14-10-12-16-32(34)40(26)44(3)41-27(2)23-35-31(15-11-13-17-33(35)41)29-19-21-39(37(43)25-29)46(7,8)9;;;/h2*10-25,30-31,44H,1-9H3;2*1H;/q;;;;+2/p-2. The van der Waals surface area contributed by atoms with Crippen LogP contribution in [0.3, 0.4) is 0 Å². The van der Waals surface area contributed by atoms with E-state index in [1.54, 1.807) is 0 Å². The van der Waals surface area contributed by atoms with E-state index >= 15 is 0 Å². The van der Waals surface area contributed by atoms with Crippen molar-refractivity contribution in [2.45, 2.75) is 154 Å². The van der Waals surface area contributed by atoms with Gasteiger partial charge in [0, 0.05) is 0 Å². The Labute approximate surface area is 600 Å². The fourth-order valence-corrected chi connectivity index (χ4v) is 205. The number of allylic oxidation sites excluding steroid dienone is 32. The van der Waals surface area contributed by atoms with Gasteiger partial charge >= 0.3 is 607 Å². The summed E-state index contributed by atoms with van der Waals surface area (Å²) in [6.45, 7) is 44.1. The van der Waals surface area contributed by atoms with Crippen LogP contribution in [0.1, 0.15) is 73.6 Å². The van der Waals surface area contributed by atoms with E-state index in [1.807, 2.05) is 0 Å². The quantitative estimate of drug-likeness (QED) is 0.154. The van der Waals surface area contributed by atoms with Crippen LogP contribution in [0, 0.1) is 0 Å². The van der Waals surface area contributed by atoms with Gasteiger partial charge < -0.3 is 0 Å². The fourth-order valence-electron chi connectivity index (χ4n) is 23.2. The Morgan fingerprint density at radius 2 is 0.526 bits per heavy atom. The zero-order chi connectivity index (χ0) is 68.4. The molecular weight excluding hydrogens is 1540 g/mol. The van der Waals surface area contributed by atoms with Crippen molar-refractivity contribution in [1.82, 2.24) is 0 Å². The third-order valence-electron chi connectivity index (χ3n) is 25.8. The maximum atomic E-state index is 11.5. The van der Waals surface area contributed by atoms with E-state index in [0.717, 1.165) is 20.1 Å². The molecule has 0 radical (unpaired) electrons. The summed E-state index contributed by atoms with van der Waals surface area (Å²) in [6.07, 6.45) is 48.9. The average Bonchev–Trinajstić information content (AvgIpc) is 1.52. The van der Waals surface area contributed by atoms with Crippen molar-refractivity contribution in [2.75, 3.05) is 0 Å². The molecule has 2 fully saturated rings. The molecule has 0 bridgehead atoms. The van der Waals surface area contributed by atoms with Gasteiger partial charge in [0.15, 0.2) is 0 Å². The van der Waals surface area contributed by atoms with Gasteiger partial charge in [0.25, 0.3) is 0 Å². The second-order valence-electron chi connectivity index (χ2n) is 33.9. The summed E-state index contributed by atoms with van der Waals surface area (Å²) in [4.78, 5) is 0. The molecule has 8 unspecified atom stereocenters. The molecule has 490 valence electrons. The molecule has 8 aliphatic carbocycles. The second kappa shape index (κ2) is 22.1. The first-order valence-electron chi connectivity index (χ1n) is 34.5. The first-order valence-corrected chi connectivity index (χ1v) is 70.7. The van der Waals surface area contributed by atoms with Crippen molar-refractivity contribution >= 4 is 134 Å². The van der Waals surface area contributed by atoms with Gasteiger partial charge in [-0.15, -0.1) is 0 Å². The molecule has 4 aromatic carbocycles. The first-order chi connectivity index (χ1) is 44.4. The average molecular weight is 1640 g/mol. The van der Waals surface area contributed by atoms with Crippen molar-refractivity contribution in [3.05, 3.63) is 304 Å². The van der Waals surface area contributed by atoms with E-state index < -0.39 is 75.7 Å². The van der Waals surface area contributed by atoms with Crippen molar-refractivity contribution < 1.29 is 14.7 Å². The van der Waals surface area contributed by atoms with Crippen molar-refractivity contribution in [1.29, 1.82) is 0 Å². The van der Waals surface area contributed by atoms with Gasteiger partial charge in [0.2, 0.25) is 0 Å². The molecule has 8 atom stereocenters. The zero-order valence-corrected chi connectivity index (χ0v) is 73.1. The number of benzene rings is 4.